The topological polar surface area (TPSA) is 420 Å². The van der Waals surface area contributed by atoms with Gasteiger partial charge in [0.2, 0.25) is 29.5 Å². The van der Waals surface area contributed by atoms with Gasteiger partial charge in [-0.2, -0.15) is 0 Å². The fourth-order valence-corrected chi connectivity index (χ4v) is 14.6. The van der Waals surface area contributed by atoms with Crippen LogP contribution >= 0.6 is 33.2 Å². The van der Waals surface area contributed by atoms with Gasteiger partial charge in [0, 0.05) is 144 Å². The fraction of sp³-hybridized carbons (Fsp3) is 0.578. The summed E-state index contributed by atoms with van der Waals surface area (Å²) >= 11 is 6.24. The highest BCUT2D eigenvalue weighted by Crippen LogP contribution is 2.31. The van der Waals surface area contributed by atoms with E-state index >= 15 is 4.79 Å². The number of Topliss-reactive ketones (excluding diaryl/α,β-unsaturated/α-hetero) is 4. The van der Waals surface area contributed by atoms with Crippen LogP contribution in [0.3, 0.4) is 0 Å². The van der Waals surface area contributed by atoms with Gasteiger partial charge in [0.05, 0.1) is 48.9 Å². The summed E-state index contributed by atoms with van der Waals surface area (Å²) in [6.07, 6.45) is -3.56. The standard InChI is InChI=1S/C64H86ClN9O19S2/c1-4-52(77)48-34-94-95-35-49(63(91)74-31-43(76)28-51(74)55(80)27-40(22-37-9-12-53(78)45(65)23-37)60(88)67-30-42(75)24-39(21-36(2)3)62(90)69-48)70-61(89)38(10-14-57(82)83)26-54(79)47(25-41-29-66-46-8-6-5-7-44(41)46)68-56(81)13-11-50(64(92)93)73-19-17-71(32-58(84)85)15-16-72(18-20-73)33-59(86)87/h5-9,12,23,29,36,38-40,43,47-51,66,76,78H,4,10-11,13-22,24-28,30-35H2,1-3H3,(H,67,88)(H,68,81)(H,69,90)(H,70,89)(H,82,83)(H,84,85)(H,86,87)(H,92,93)/t38-,39+,40+,43+,47-,48-,49-,50?,51+/m0/s1. The monoisotopic (exact) mass is 1380 g/mol. The van der Waals surface area contributed by atoms with Gasteiger partial charge in [0.1, 0.15) is 17.8 Å². The predicted molar refractivity (Wildman–Crippen MR) is 350 cm³/mol. The molecule has 3 saturated heterocycles. The van der Waals surface area contributed by atoms with Gasteiger partial charge in [-0.1, -0.05) is 78.2 Å². The molecule has 28 nitrogen and oxygen atoms in total. The molecule has 0 radical (unpaired) electrons. The van der Waals surface area contributed by atoms with Gasteiger partial charge in [-0.3, -0.25) is 77.0 Å². The molecule has 0 spiro atoms. The van der Waals surface area contributed by atoms with Crippen molar-refractivity contribution in [3.8, 4) is 5.75 Å². The maximum absolute atomic E-state index is 15.2. The SMILES string of the molecule is CCC(=O)[C@@H]1CSSC[C@H](NC(=O)[C@@H](CCC(=O)O)CC(=O)[C@H](Cc2c[nH]c3ccccc23)NC(=O)CCC(C(=O)O)N2CCN(CC(=O)O)CCN(CC(=O)O)CC2)C(=O)N2C[C@H](O)C[C@@H]2C(=O)C[C@@H](Cc2ccc(O)c(Cl)c2)C(=O)NCC(=O)C[C@@H](CC(C)C)C(=O)N1. The zero-order valence-corrected chi connectivity index (χ0v) is 55.7. The Morgan fingerprint density at radius 2 is 1.45 bits per heavy atom. The van der Waals surface area contributed by atoms with E-state index in [1.165, 1.54) is 23.1 Å². The summed E-state index contributed by atoms with van der Waals surface area (Å²) in [5.74, 6) is -15.7. The lowest BCUT2D eigenvalue weighted by atomic mass is 9.89. The maximum Gasteiger partial charge on any atom is 0.320 e. The highest BCUT2D eigenvalue weighted by atomic mass is 35.5. The van der Waals surface area contributed by atoms with Crippen molar-refractivity contribution >= 4 is 121 Å². The molecular formula is C64H86ClN9O19S2. The number of nitrogens with one attached hydrogen (secondary N) is 5. The van der Waals surface area contributed by atoms with E-state index in [0.717, 1.165) is 26.5 Å². The molecule has 11 N–H and O–H groups in total. The molecule has 95 heavy (non-hydrogen) atoms. The van der Waals surface area contributed by atoms with Gasteiger partial charge in [-0.05, 0) is 60.9 Å². The molecule has 9 atom stereocenters. The van der Waals surface area contributed by atoms with E-state index in [2.05, 4.69) is 26.3 Å². The molecule has 3 aliphatic rings. The third-order valence-electron chi connectivity index (χ3n) is 17.1. The van der Waals surface area contributed by atoms with Crippen LogP contribution < -0.4 is 21.3 Å². The van der Waals surface area contributed by atoms with Crippen molar-refractivity contribution in [3.63, 3.8) is 0 Å². The van der Waals surface area contributed by atoms with Gasteiger partial charge in [0.25, 0.3) is 0 Å². The minimum Gasteiger partial charge on any atom is -0.506 e. The highest BCUT2D eigenvalue weighted by molar-refractivity contribution is 8.76. The van der Waals surface area contributed by atoms with Crippen LogP contribution in [-0.2, 0) is 75.2 Å². The number of aromatic amines is 1. The Morgan fingerprint density at radius 1 is 0.789 bits per heavy atom. The van der Waals surface area contributed by atoms with Crippen molar-refractivity contribution in [2.24, 2.45) is 23.7 Å². The molecule has 3 aromatic rings. The van der Waals surface area contributed by atoms with Crippen LogP contribution in [0.5, 0.6) is 5.75 Å². The number of ketones is 4. The summed E-state index contributed by atoms with van der Waals surface area (Å²) in [6, 6.07) is 4.38. The van der Waals surface area contributed by atoms with Gasteiger partial charge in [-0.25, -0.2) is 0 Å². The van der Waals surface area contributed by atoms with Crippen LogP contribution in [0, 0.1) is 23.7 Å². The quantitative estimate of drug-likeness (QED) is 0.0513. The van der Waals surface area contributed by atoms with Crippen LogP contribution in [0.2, 0.25) is 5.02 Å². The van der Waals surface area contributed by atoms with Gasteiger partial charge in [-0.15, -0.1) is 0 Å². The van der Waals surface area contributed by atoms with Gasteiger partial charge >= 0.3 is 23.9 Å². The smallest absolute Gasteiger partial charge is 0.320 e. The number of fused-ring (bicyclic) bond motifs is 2. The van der Waals surface area contributed by atoms with Crippen LogP contribution in [0.1, 0.15) is 96.1 Å². The molecule has 4 heterocycles. The number of halogens is 1. The maximum atomic E-state index is 15.2. The number of phenols is 1. The molecule has 0 saturated carbocycles. The largest absolute Gasteiger partial charge is 0.506 e. The summed E-state index contributed by atoms with van der Waals surface area (Å²) in [5.41, 5.74) is 1.63. The minimum atomic E-state index is -1.59. The fourth-order valence-electron chi connectivity index (χ4n) is 12.1. The number of aliphatic hydroxyl groups excluding tert-OH is 1. The molecule has 1 unspecified atom stereocenters. The van der Waals surface area contributed by atoms with E-state index < -0.39 is 183 Å². The Bertz CT molecular complexity index is 3250. The van der Waals surface area contributed by atoms with E-state index in [-0.39, 0.29) is 118 Å². The van der Waals surface area contributed by atoms with Crippen molar-refractivity contribution in [1.82, 2.24) is 45.9 Å². The number of aromatic hydroxyl groups is 1. The number of H-pyrrole nitrogens is 1. The number of aliphatic carboxylic acids is 4. The van der Waals surface area contributed by atoms with Crippen molar-refractivity contribution in [1.29, 1.82) is 0 Å². The molecule has 1 aromatic heterocycles. The molecule has 0 bridgehead atoms. The number of benzene rings is 2. The Hall–Kier alpha value is -7.48. The first-order valence-corrected chi connectivity index (χ1v) is 34.6. The predicted octanol–water partition coefficient (Wildman–Crippen LogP) is 2.18. The highest BCUT2D eigenvalue weighted by Gasteiger charge is 2.44. The number of carboxylic acids is 4. The normalized spacial score (nSPS) is 22.4. The molecule has 0 aliphatic carbocycles. The van der Waals surface area contributed by atoms with Crippen LogP contribution in [0.15, 0.2) is 48.7 Å². The van der Waals surface area contributed by atoms with Crippen molar-refractivity contribution < 1.29 is 93.0 Å². The molecular weight excluding hydrogens is 1300 g/mol. The number of carbonyl (C=O) groups is 13. The second kappa shape index (κ2) is 37.1. The number of nitrogens with zero attached hydrogens (tertiary/aromatic N) is 4. The summed E-state index contributed by atoms with van der Waals surface area (Å²) < 4.78 is 0. The zero-order valence-electron chi connectivity index (χ0n) is 53.3. The number of carbonyl (C=O) groups excluding carboxylic acids is 9. The summed E-state index contributed by atoms with van der Waals surface area (Å²) in [6.45, 7) is 4.21. The lowest BCUT2D eigenvalue weighted by molar-refractivity contribution is -0.145. The summed E-state index contributed by atoms with van der Waals surface area (Å²) in [7, 11) is 2.05. The number of hydrogen-bond acceptors (Lipinski definition) is 20. The number of amides is 5. The Kier molecular flexibility index (Phi) is 29.9. The van der Waals surface area contributed by atoms with Crippen LogP contribution in [0.4, 0.5) is 0 Å². The van der Waals surface area contributed by atoms with Gasteiger partial charge in [0.15, 0.2) is 23.1 Å². The average molecular weight is 1390 g/mol. The van der Waals surface area contributed by atoms with E-state index in [1.54, 1.807) is 47.2 Å². The molecule has 31 heteroatoms. The van der Waals surface area contributed by atoms with Crippen molar-refractivity contribution in [3.05, 3.63) is 64.8 Å². The van der Waals surface area contributed by atoms with Crippen molar-refractivity contribution in [2.75, 3.05) is 77.0 Å². The lowest BCUT2D eigenvalue weighted by Crippen LogP contribution is -2.54. The van der Waals surface area contributed by atoms with E-state index in [1.807, 2.05) is 13.8 Å². The molecule has 6 rings (SSSR count). The lowest BCUT2D eigenvalue weighted by Gasteiger charge is -2.30. The third kappa shape index (κ3) is 24.0. The average Bonchev–Trinajstić information content (AvgIpc) is 1.75. The molecule has 520 valence electrons. The number of hydrogen-bond donors (Lipinski definition) is 11. The number of carboxylic acid groups (broad SMARTS) is 4. The Morgan fingerprint density at radius 3 is 2.08 bits per heavy atom. The van der Waals surface area contributed by atoms with E-state index in [0.29, 0.717) is 22.0 Å². The van der Waals surface area contributed by atoms with Crippen molar-refractivity contribution in [2.45, 2.75) is 134 Å². The molecule has 2 aromatic carbocycles. The number of para-hydroxylation sites is 1. The number of phenolic OH excluding ortho intramolecular Hbond substituents is 1. The minimum absolute atomic E-state index is 0.000195. The van der Waals surface area contributed by atoms with E-state index in [4.69, 9.17) is 11.6 Å². The first-order valence-electron chi connectivity index (χ1n) is 31.7. The first kappa shape index (κ1) is 76.5. The molecule has 3 aliphatic heterocycles. The van der Waals surface area contributed by atoms with E-state index in [9.17, 15) is 88.2 Å². The summed E-state index contributed by atoms with van der Waals surface area (Å²) in [5, 5.41) is 72.4. The number of aliphatic hydroxyl groups is 1. The second-order valence-electron chi connectivity index (χ2n) is 24.8. The Labute approximate surface area is 562 Å². The van der Waals surface area contributed by atoms with Gasteiger partial charge < -0.3 is 61.8 Å². The third-order valence-corrected chi connectivity index (χ3v) is 19.8. The molecule has 5 amide bonds. The van der Waals surface area contributed by atoms with Crippen LogP contribution in [-0.4, -0.2) is 245 Å². The molecule has 3 fully saturated rings. The number of rotatable bonds is 26. The second-order valence-corrected chi connectivity index (χ2v) is 27.8. The first-order chi connectivity index (χ1) is 45.1. The Balaban J connectivity index is 1.30. The number of aromatic nitrogens is 1. The zero-order chi connectivity index (χ0) is 69.6. The van der Waals surface area contributed by atoms with Crippen LogP contribution in [0.25, 0.3) is 10.9 Å². The summed E-state index contributed by atoms with van der Waals surface area (Å²) in [4.78, 5) is 187.